The first-order chi connectivity index (χ1) is 19.9. The molecular formula is C29H29F2N3O6S2. The summed E-state index contributed by atoms with van der Waals surface area (Å²) in [5.41, 5.74) is 1.45. The SMILES string of the molecule is CCS(=O)(=O)Nc1cc2oc(-c3ccc(F)cc3)c(C(=O)NC)c2cc1[C@H]1CCCN(S(=O)(=O)c2ccccc2F)C1. The molecule has 0 unspecified atom stereocenters. The molecule has 3 aromatic carbocycles. The van der Waals surface area contributed by atoms with E-state index in [1.807, 2.05) is 0 Å². The van der Waals surface area contributed by atoms with Gasteiger partial charge in [0.05, 0.1) is 17.0 Å². The lowest BCUT2D eigenvalue weighted by atomic mass is 9.89. The molecule has 1 saturated heterocycles. The number of anilines is 1. The van der Waals surface area contributed by atoms with Crippen LogP contribution in [0.4, 0.5) is 14.5 Å². The number of hydrogen-bond donors (Lipinski definition) is 2. The molecule has 0 saturated carbocycles. The van der Waals surface area contributed by atoms with Crippen LogP contribution in [0.1, 0.15) is 41.6 Å². The molecule has 5 rings (SSSR count). The number of fused-ring (bicyclic) bond motifs is 1. The van der Waals surface area contributed by atoms with Crippen molar-refractivity contribution in [1.29, 1.82) is 0 Å². The number of nitrogens with zero attached hydrogens (tertiary/aromatic N) is 1. The number of furan rings is 1. The maximum Gasteiger partial charge on any atom is 0.255 e. The molecule has 1 aliphatic heterocycles. The minimum atomic E-state index is -4.18. The largest absolute Gasteiger partial charge is 0.455 e. The highest BCUT2D eigenvalue weighted by atomic mass is 32.2. The Morgan fingerprint density at radius 2 is 1.76 bits per heavy atom. The van der Waals surface area contributed by atoms with Crippen LogP contribution in [0.2, 0.25) is 0 Å². The zero-order valence-corrected chi connectivity index (χ0v) is 24.5. The van der Waals surface area contributed by atoms with Gasteiger partial charge in [-0.15, -0.1) is 0 Å². The van der Waals surface area contributed by atoms with Gasteiger partial charge in [-0.1, -0.05) is 12.1 Å². The molecule has 1 atom stereocenters. The fraction of sp³-hybridized carbons (Fsp3) is 0.276. The summed E-state index contributed by atoms with van der Waals surface area (Å²) in [6, 6.07) is 13.6. The highest BCUT2D eigenvalue weighted by Crippen LogP contribution is 2.41. The Bertz CT molecular complexity index is 1870. The highest BCUT2D eigenvalue weighted by Gasteiger charge is 2.34. The molecule has 0 bridgehead atoms. The molecule has 0 spiro atoms. The van der Waals surface area contributed by atoms with Gasteiger partial charge in [-0.05, 0) is 73.7 Å². The Kier molecular flexibility index (Phi) is 8.10. The van der Waals surface area contributed by atoms with Crippen LogP contribution in [0.3, 0.4) is 0 Å². The summed E-state index contributed by atoms with van der Waals surface area (Å²) < 4.78 is 90.1. The van der Waals surface area contributed by atoms with Crippen LogP contribution in [-0.4, -0.2) is 52.9 Å². The highest BCUT2D eigenvalue weighted by molar-refractivity contribution is 7.92. The maximum atomic E-state index is 14.5. The zero-order valence-electron chi connectivity index (χ0n) is 22.9. The third-order valence-electron chi connectivity index (χ3n) is 7.34. The van der Waals surface area contributed by atoms with Gasteiger partial charge >= 0.3 is 0 Å². The van der Waals surface area contributed by atoms with Gasteiger partial charge in [-0.2, -0.15) is 4.31 Å². The van der Waals surface area contributed by atoms with Gasteiger partial charge in [0.2, 0.25) is 20.0 Å². The monoisotopic (exact) mass is 617 g/mol. The third-order valence-corrected chi connectivity index (χ3v) is 10.5. The van der Waals surface area contributed by atoms with E-state index in [0.29, 0.717) is 29.4 Å². The Morgan fingerprint density at radius 3 is 2.43 bits per heavy atom. The fourth-order valence-corrected chi connectivity index (χ4v) is 7.43. The van der Waals surface area contributed by atoms with Crippen molar-refractivity contribution in [3.8, 4) is 11.3 Å². The van der Waals surface area contributed by atoms with Gasteiger partial charge < -0.3 is 9.73 Å². The average Bonchev–Trinajstić information content (AvgIpc) is 3.35. The Hall–Kier alpha value is -3.81. The number of sulfonamides is 2. The first kappa shape index (κ1) is 29.7. The second kappa shape index (κ2) is 11.5. The van der Waals surface area contributed by atoms with Gasteiger partial charge in [0.1, 0.15) is 27.9 Å². The van der Waals surface area contributed by atoms with Crippen LogP contribution in [0.15, 0.2) is 70.0 Å². The number of rotatable bonds is 8. The molecule has 9 nitrogen and oxygen atoms in total. The van der Waals surface area contributed by atoms with Gasteiger partial charge in [0.15, 0.2) is 0 Å². The summed E-state index contributed by atoms with van der Waals surface area (Å²) in [6.45, 7) is 1.60. The molecule has 1 amide bonds. The quantitative estimate of drug-likeness (QED) is 0.285. The normalized spacial score (nSPS) is 16.4. The molecule has 2 heterocycles. The van der Waals surface area contributed by atoms with Gasteiger partial charge in [-0.3, -0.25) is 9.52 Å². The predicted molar refractivity (Wildman–Crippen MR) is 155 cm³/mol. The number of halogens is 2. The summed E-state index contributed by atoms with van der Waals surface area (Å²) in [5, 5.41) is 2.96. The smallest absolute Gasteiger partial charge is 0.255 e. The molecule has 222 valence electrons. The number of carbonyl (C=O) groups excluding carboxylic acids is 1. The second-order valence-corrected chi connectivity index (χ2v) is 13.9. The van der Waals surface area contributed by atoms with Crippen LogP contribution in [0.5, 0.6) is 0 Å². The zero-order chi connectivity index (χ0) is 30.2. The Morgan fingerprint density at radius 1 is 1.05 bits per heavy atom. The van der Waals surface area contributed by atoms with Crippen molar-refractivity contribution in [2.75, 3.05) is 30.6 Å². The van der Waals surface area contributed by atoms with E-state index in [2.05, 4.69) is 10.0 Å². The van der Waals surface area contributed by atoms with Crippen molar-refractivity contribution in [3.05, 3.63) is 83.4 Å². The molecule has 2 N–H and O–H groups in total. The van der Waals surface area contributed by atoms with Crippen molar-refractivity contribution in [1.82, 2.24) is 9.62 Å². The van der Waals surface area contributed by atoms with E-state index in [1.165, 1.54) is 66.8 Å². The van der Waals surface area contributed by atoms with Crippen LogP contribution in [-0.2, 0) is 20.0 Å². The lowest BCUT2D eigenvalue weighted by molar-refractivity contribution is 0.0964. The minimum Gasteiger partial charge on any atom is -0.455 e. The summed E-state index contributed by atoms with van der Waals surface area (Å²) in [5.74, 6) is -2.36. The number of benzene rings is 3. The fourth-order valence-electron chi connectivity index (χ4n) is 5.19. The predicted octanol–water partition coefficient (Wildman–Crippen LogP) is 5.07. The second-order valence-electron chi connectivity index (χ2n) is 9.97. The molecule has 13 heteroatoms. The Labute approximate surface area is 242 Å². The Balaban J connectivity index is 1.66. The minimum absolute atomic E-state index is 0.0407. The van der Waals surface area contributed by atoms with E-state index in [-0.39, 0.29) is 41.4 Å². The van der Waals surface area contributed by atoms with Crippen molar-refractivity contribution < 1.29 is 34.8 Å². The summed E-state index contributed by atoms with van der Waals surface area (Å²) in [6.07, 6.45) is 0.943. The summed E-state index contributed by atoms with van der Waals surface area (Å²) >= 11 is 0. The average molecular weight is 618 g/mol. The van der Waals surface area contributed by atoms with E-state index in [0.717, 1.165) is 6.07 Å². The van der Waals surface area contributed by atoms with Crippen LogP contribution >= 0.6 is 0 Å². The molecule has 4 aromatic rings. The first-order valence-corrected chi connectivity index (χ1v) is 16.4. The molecular weight excluding hydrogens is 588 g/mol. The molecule has 0 aliphatic carbocycles. The summed E-state index contributed by atoms with van der Waals surface area (Å²) in [4.78, 5) is 12.7. The number of carbonyl (C=O) groups is 1. The maximum absolute atomic E-state index is 14.5. The van der Waals surface area contributed by atoms with E-state index < -0.39 is 48.4 Å². The first-order valence-electron chi connectivity index (χ1n) is 13.3. The third kappa shape index (κ3) is 5.63. The molecule has 42 heavy (non-hydrogen) atoms. The van der Waals surface area contributed by atoms with Gasteiger partial charge in [-0.25, -0.2) is 25.6 Å². The van der Waals surface area contributed by atoms with Crippen molar-refractivity contribution in [2.45, 2.75) is 30.6 Å². The lowest BCUT2D eigenvalue weighted by Gasteiger charge is -2.33. The van der Waals surface area contributed by atoms with E-state index >= 15 is 0 Å². The number of hydrogen-bond acceptors (Lipinski definition) is 6. The summed E-state index contributed by atoms with van der Waals surface area (Å²) in [7, 11) is -6.50. The molecule has 1 fully saturated rings. The van der Waals surface area contributed by atoms with E-state index in [4.69, 9.17) is 4.42 Å². The number of piperidine rings is 1. The standard InChI is InChI=1S/C29H29F2N3O6S2/c1-3-41(36,37)33-24-16-25-22(27(29(35)32-2)28(40-25)18-10-12-20(30)13-11-18)15-21(24)19-7-6-14-34(17-19)42(38,39)26-9-5-4-8-23(26)31/h4-5,8-13,15-16,19,33H,3,6-7,14,17H2,1-2H3,(H,32,35)/t19-/m0/s1. The number of nitrogens with one attached hydrogen (secondary N) is 2. The van der Waals surface area contributed by atoms with E-state index in [1.54, 1.807) is 6.07 Å². The molecule has 0 radical (unpaired) electrons. The molecule has 1 aliphatic rings. The van der Waals surface area contributed by atoms with Crippen LogP contribution < -0.4 is 10.0 Å². The molecule has 1 aromatic heterocycles. The van der Waals surface area contributed by atoms with Gasteiger partial charge in [0.25, 0.3) is 5.91 Å². The van der Waals surface area contributed by atoms with Gasteiger partial charge in [0, 0.05) is 37.2 Å². The topological polar surface area (TPSA) is 126 Å². The van der Waals surface area contributed by atoms with Crippen LogP contribution in [0, 0.1) is 11.6 Å². The number of amides is 1. The van der Waals surface area contributed by atoms with Crippen LogP contribution in [0.25, 0.3) is 22.3 Å². The van der Waals surface area contributed by atoms with Crippen molar-refractivity contribution in [2.24, 2.45) is 0 Å². The lowest BCUT2D eigenvalue weighted by Crippen LogP contribution is -2.39. The van der Waals surface area contributed by atoms with Crippen molar-refractivity contribution >= 4 is 42.6 Å². The van der Waals surface area contributed by atoms with Crippen molar-refractivity contribution in [3.63, 3.8) is 0 Å². The van der Waals surface area contributed by atoms with E-state index in [9.17, 15) is 30.4 Å².